The van der Waals surface area contributed by atoms with Crippen molar-refractivity contribution in [2.45, 2.75) is 25.8 Å². The number of hydrogen-bond donors (Lipinski definition) is 2. The molecular weight excluding hydrogens is 352 g/mol. The molecule has 5 nitrogen and oxygen atoms in total. The van der Waals surface area contributed by atoms with Crippen LogP contribution in [0.3, 0.4) is 0 Å². The van der Waals surface area contributed by atoms with Gasteiger partial charge in [-0.1, -0.05) is 24.3 Å². The second kappa shape index (κ2) is 7.43. The predicted molar refractivity (Wildman–Crippen MR) is 113 cm³/mol. The number of anilines is 2. The van der Waals surface area contributed by atoms with Crippen LogP contribution in [0.1, 0.15) is 18.1 Å². The molecule has 3 aromatic rings. The smallest absolute Gasteiger partial charge is 0.246 e. The second-order valence-electron chi connectivity index (χ2n) is 7.04. The molecule has 0 bridgehead atoms. The van der Waals surface area contributed by atoms with Gasteiger partial charge in [0, 0.05) is 22.8 Å². The van der Waals surface area contributed by atoms with Crippen molar-refractivity contribution in [1.82, 2.24) is 0 Å². The minimum atomic E-state index is -0.397. The van der Waals surface area contributed by atoms with Gasteiger partial charge >= 0.3 is 0 Å². The highest BCUT2D eigenvalue weighted by molar-refractivity contribution is 6.02. The third-order valence-electron chi connectivity index (χ3n) is 5.29. The Morgan fingerprint density at radius 2 is 1.71 bits per heavy atom. The fraction of sp³-hybridized carbons (Fsp3) is 0.261. The highest BCUT2D eigenvalue weighted by Crippen LogP contribution is 2.35. The number of amides is 1. The molecule has 0 saturated carbocycles. The van der Waals surface area contributed by atoms with E-state index in [4.69, 9.17) is 9.47 Å². The highest BCUT2D eigenvalue weighted by Gasteiger charge is 2.19. The molecule has 1 aliphatic rings. The van der Waals surface area contributed by atoms with Gasteiger partial charge in [-0.25, -0.2) is 0 Å². The first kappa shape index (κ1) is 18.2. The van der Waals surface area contributed by atoms with E-state index in [1.165, 1.54) is 21.9 Å². The summed E-state index contributed by atoms with van der Waals surface area (Å²) in [4.78, 5) is 12.7. The minimum absolute atomic E-state index is 0.115. The summed E-state index contributed by atoms with van der Waals surface area (Å²) < 4.78 is 10.5. The molecule has 1 unspecified atom stereocenters. The van der Waals surface area contributed by atoms with Crippen LogP contribution in [0, 0.1) is 0 Å². The molecule has 4 rings (SSSR count). The van der Waals surface area contributed by atoms with Crippen molar-refractivity contribution in [3.8, 4) is 11.5 Å². The lowest BCUT2D eigenvalue weighted by Crippen LogP contribution is -2.31. The Kier molecular flexibility index (Phi) is 4.82. The molecule has 2 N–H and O–H groups in total. The number of methoxy groups -OCH3 is 2. The van der Waals surface area contributed by atoms with Gasteiger partial charge in [0.15, 0.2) is 11.5 Å². The van der Waals surface area contributed by atoms with Gasteiger partial charge in [0.05, 0.1) is 14.2 Å². The molecular formula is C23H24N2O3. The average Bonchev–Trinajstić information content (AvgIpc) is 3.14. The fourth-order valence-electron chi connectivity index (χ4n) is 3.84. The summed E-state index contributed by atoms with van der Waals surface area (Å²) in [6.45, 7) is 1.86. The summed E-state index contributed by atoms with van der Waals surface area (Å²) in [5.41, 5.74) is 4.42. The summed E-state index contributed by atoms with van der Waals surface area (Å²) in [7, 11) is 3.16. The van der Waals surface area contributed by atoms with Crippen molar-refractivity contribution >= 4 is 28.1 Å². The molecule has 1 amide bonds. The maximum Gasteiger partial charge on any atom is 0.246 e. The van der Waals surface area contributed by atoms with E-state index >= 15 is 0 Å². The predicted octanol–water partition coefficient (Wildman–Crippen LogP) is 4.39. The number of rotatable bonds is 6. The maximum atomic E-state index is 12.7. The van der Waals surface area contributed by atoms with Crippen LogP contribution in [-0.2, 0) is 17.6 Å². The number of carbonyl (C=O) groups is 1. The Balaban J connectivity index is 1.52. The summed E-state index contributed by atoms with van der Waals surface area (Å²) >= 11 is 0. The number of benzene rings is 3. The molecule has 0 spiro atoms. The van der Waals surface area contributed by atoms with Crippen LogP contribution in [0.25, 0.3) is 10.8 Å². The number of carbonyl (C=O) groups excluding carboxylic acids is 1. The van der Waals surface area contributed by atoms with E-state index in [0.29, 0.717) is 17.2 Å². The quantitative estimate of drug-likeness (QED) is 0.670. The van der Waals surface area contributed by atoms with E-state index in [1.807, 2.05) is 6.92 Å². The first-order valence-electron chi connectivity index (χ1n) is 9.43. The lowest BCUT2D eigenvalue weighted by Gasteiger charge is -2.18. The number of hydrogen-bond acceptors (Lipinski definition) is 4. The van der Waals surface area contributed by atoms with Crippen molar-refractivity contribution < 1.29 is 14.3 Å². The van der Waals surface area contributed by atoms with Crippen LogP contribution in [0.15, 0.2) is 48.5 Å². The maximum absolute atomic E-state index is 12.7. The Bertz CT molecular complexity index is 1040. The van der Waals surface area contributed by atoms with Gasteiger partial charge in [-0.3, -0.25) is 4.79 Å². The number of nitrogens with one attached hydrogen (secondary N) is 2. The Morgan fingerprint density at radius 1 is 0.964 bits per heavy atom. The first-order valence-corrected chi connectivity index (χ1v) is 9.43. The van der Waals surface area contributed by atoms with Crippen LogP contribution >= 0.6 is 0 Å². The minimum Gasteiger partial charge on any atom is -0.493 e. The second-order valence-corrected chi connectivity index (χ2v) is 7.04. The summed E-state index contributed by atoms with van der Waals surface area (Å²) in [5.74, 6) is 1.09. The molecule has 1 atom stereocenters. The van der Waals surface area contributed by atoms with Crippen LogP contribution in [0.4, 0.5) is 11.4 Å². The third-order valence-corrected chi connectivity index (χ3v) is 5.29. The van der Waals surface area contributed by atoms with Crippen LogP contribution in [0.2, 0.25) is 0 Å². The van der Waals surface area contributed by atoms with E-state index in [-0.39, 0.29) is 5.91 Å². The van der Waals surface area contributed by atoms with Gasteiger partial charge in [0.1, 0.15) is 6.04 Å². The molecule has 3 aromatic carbocycles. The zero-order chi connectivity index (χ0) is 19.7. The van der Waals surface area contributed by atoms with Crippen molar-refractivity contribution in [3.63, 3.8) is 0 Å². The SMILES string of the molecule is COc1ccc(NC(=O)C(C)Nc2ccc3c4c(cccc24)CC3)cc1OC. The standard InChI is InChI=1S/C23H24N2O3/c1-14(23(26)25-17-10-12-20(27-2)21(13-17)28-3)24-19-11-9-16-8-7-15-5-4-6-18(19)22(15)16/h4-6,9-14,24H,7-8H2,1-3H3,(H,25,26). The first-order chi connectivity index (χ1) is 13.6. The van der Waals surface area contributed by atoms with Gasteiger partial charge in [-0.05, 0) is 54.5 Å². The molecule has 144 valence electrons. The van der Waals surface area contributed by atoms with E-state index in [2.05, 4.69) is 41.0 Å². The number of aryl methyl sites for hydroxylation is 2. The van der Waals surface area contributed by atoms with E-state index in [0.717, 1.165) is 18.5 Å². The topological polar surface area (TPSA) is 59.6 Å². The average molecular weight is 376 g/mol. The highest BCUT2D eigenvalue weighted by atomic mass is 16.5. The zero-order valence-corrected chi connectivity index (χ0v) is 16.3. The largest absolute Gasteiger partial charge is 0.493 e. The normalized spacial score (nSPS) is 13.2. The van der Waals surface area contributed by atoms with Crippen LogP contribution < -0.4 is 20.1 Å². The van der Waals surface area contributed by atoms with Gasteiger partial charge < -0.3 is 20.1 Å². The van der Waals surface area contributed by atoms with Gasteiger partial charge in [0.2, 0.25) is 5.91 Å². The van der Waals surface area contributed by atoms with Crippen molar-refractivity contribution in [3.05, 3.63) is 59.7 Å². The summed E-state index contributed by atoms with van der Waals surface area (Å²) in [6, 6.07) is 15.6. The monoisotopic (exact) mass is 376 g/mol. The van der Waals surface area contributed by atoms with Crippen LogP contribution in [0.5, 0.6) is 11.5 Å². The summed E-state index contributed by atoms with van der Waals surface area (Å²) in [6.07, 6.45) is 2.18. The lowest BCUT2D eigenvalue weighted by molar-refractivity contribution is -0.116. The molecule has 0 heterocycles. The third kappa shape index (κ3) is 3.24. The van der Waals surface area contributed by atoms with E-state index in [9.17, 15) is 4.79 Å². The Labute approximate surface area is 164 Å². The van der Waals surface area contributed by atoms with Gasteiger partial charge in [0.25, 0.3) is 0 Å². The van der Waals surface area contributed by atoms with E-state index in [1.54, 1.807) is 32.4 Å². The van der Waals surface area contributed by atoms with E-state index < -0.39 is 6.04 Å². The van der Waals surface area contributed by atoms with Gasteiger partial charge in [-0.15, -0.1) is 0 Å². The molecule has 28 heavy (non-hydrogen) atoms. The molecule has 0 radical (unpaired) electrons. The van der Waals surface area contributed by atoms with Crippen molar-refractivity contribution in [1.29, 1.82) is 0 Å². The summed E-state index contributed by atoms with van der Waals surface area (Å²) in [5, 5.41) is 8.82. The van der Waals surface area contributed by atoms with Gasteiger partial charge in [-0.2, -0.15) is 0 Å². The lowest BCUT2D eigenvalue weighted by atomic mass is 10.0. The van der Waals surface area contributed by atoms with Crippen molar-refractivity contribution in [2.24, 2.45) is 0 Å². The molecule has 0 aromatic heterocycles. The molecule has 0 aliphatic heterocycles. The molecule has 0 saturated heterocycles. The number of ether oxygens (including phenoxy) is 2. The molecule has 5 heteroatoms. The Hall–Kier alpha value is -3.21. The Morgan fingerprint density at radius 3 is 2.46 bits per heavy atom. The van der Waals surface area contributed by atoms with Crippen molar-refractivity contribution in [2.75, 3.05) is 24.9 Å². The van der Waals surface area contributed by atoms with Crippen LogP contribution in [-0.4, -0.2) is 26.2 Å². The zero-order valence-electron chi connectivity index (χ0n) is 16.3. The fourth-order valence-corrected chi connectivity index (χ4v) is 3.84. The molecule has 0 fully saturated rings. The molecule has 1 aliphatic carbocycles.